The Morgan fingerprint density at radius 3 is 2.56 bits per heavy atom. The second-order valence-electron chi connectivity index (χ2n) is 5.38. The fourth-order valence-electron chi connectivity index (χ4n) is 3.41. The second kappa shape index (κ2) is 4.82. The molecular weight excluding hydrogens is 308 g/mol. The lowest BCUT2D eigenvalue weighted by molar-refractivity contribution is 0.494. The van der Waals surface area contributed by atoms with E-state index in [0.29, 0.717) is 4.99 Å². The highest BCUT2D eigenvalue weighted by Gasteiger charge is 2.36. The van der Waals surface area contributed by atoms with Gasteiger partial charge in [-0.05, 0) is 42.9 Å². The first-order valence-electron chi connectivity index (χ1n) is 6.49. The van der Waals surface area contributed by atoms with Crippen LogP contribution in [0.1, 0.15) is 24.8 Å². The van der Waals surface area contributed by atoms with E-state index in [2.05, 4.69) is 33.0 Å². The van der Waals surface area contributed by atoms with Crippen LogP contribution >= 0.6 is 28.1 Å². The number of rotatable bonds is 2. The maximum Gasteiger partial charge on any atom is 0.106 e. The van der Waals surface area contributed by atoms with Crippen molar-refractivity contribution < 1.29 is 0 Å². The second-order valence-corrected chi connectivity index (χ2v) is 6.74. The van der Waals surface area contributed by atoms with Crippen molar-refractivity contribution in [1.82, 2.24) is 0 Å². The zero-order valence-corrected chi connectivity index (χ0v) is 12.6. The number of thiocarbonyl (C=S) groups is 1. The van der Waals surface area contributed by atoms with Crippen LogP contribution in [-0.4, -0.2) is 18.1 Å². The molecule has 0 bridgehead atoms. The molecule has 1 aliphatic heterocycles. The Morgan fingerprint density at radius 2 is 1.94 bits per heavy atom. The summed E-state index contributed by atoms with van der Waals surface area (Å²) in [6, 6.07) is 6.25. The van der Waals surface area contributed by atoms with Gasteiger partial charge in [0.15, 0.2) is 0 Å². The SMILES string of the molecule is NC(=S)c1cc(Br)ccc1N1CC2CCCC2C1. The third kappa shape index (κ3) is 2.16. The standard InChI is InChI=1S/C14H17BrN2S/c15-11-4-5-13(12(6-11)14(16)18)17-7-9-2-1-3-10(9)8-17/h4-6,9-10H,1-3,7-8H2,(H2,16,18). The van der Waals surface area contributed by atoms with Gasteiger partial charge >= 0.3 is 0 Å². The Hall–Kier alpha value is -0.610. The van der Waals surface area contributed by atoms with E-state index in [1.807, 2.05) is 6.07 Å². The predicted octanol–water partition coefficient (Wildman–Crippen LogP) is 3.32. The van der Waals surface area contributed by atoms with E-state index in [1.165, 1.54) is 38.0 Å². The van der Waals surface area contributed by atoms with Gasteiger partial charge in [-0.2, -0.15) is 0 Å². The minimum Gasteiger partial charge on any atom is -0.389 e. The molecule has 1 aliphatic carbocycles. The van der Waals surface area contributed by atoms with Crippen LogP contribution in [-0.2, 0) is 0 Å². The zero-order chi connectivity index (χ0) is 12.7. The number of nitrogens with zero attached hydrogens (tertiary/aromatic N) is 1. The quantitative estimate of drug-likeness (QED) is 0.846. The molecule has 1 saturated heterocycles. The topological polar surface area (TPSA) is 29.3 Å². The summed E-state index contributed by atoms with van der Waals surface area (Å²) in [7, 11) is 0. The molecule has 1 saturated carbocycles. The van der Waals surface area contributed by atoms with Gasteiger partial charge in [0.25, 0.3) is 0 Å². The number of hydrogen-bond acceptors (Lipinski definition) is 2. The fourth-order valence-corrected chi connectivity index (χ4v) is 3.94. The third-order valence-corrected chi connectivity index (χ3v) is 5.00. The number of nitrogens with two attached hydrogens (primary N) is 1. The van der Waals surface area contributed by atoms with Crippen molar-refractivity contribution in [2.45, 2.75) is 19.3 Å². The van der Waals surface area contributed by atoms with Crippen molar-refractivity contribution in [3.63, 3.8) is 0 Å². The van der Waals surface area contributed by atoms with Gasteiger partial charge in [-0.3, -0.25) is 0 Å². The van der Waals surface area contributed by atoms with E-state index < -0.39 is 0 Å². The van der Waals surface area contributed by atoms with Gasteiger partial charge in [0, 0.05) is 28.8 Å². The summed E-state index contributed by atoms with van der Waals surface area (Å²) < 4.78 is 1.04. The molecule has 1 aromatic rings. The Labute approximate surface area is 122 Å². The zero-order valence-electron chi connectivity index (χ0n) is 10.2. The van der Waals surface area contributed by atoms with Gasteiger partial charge < -0.3 is 10.6 Å². The first-order valence-corrected chi connectivity index (χ1v) is 7.69. The van der Waals surface area contributed by atoms with Crippen LogP contribution < -0.4 is 10.6 Å². The monoisotopic (exact) mass is 324 g/mol. The molecule has 2 aliphatic rings. The van der Waals surface area contributed by atoms with Gasteiger partial charge in [0.2, 0.25) is 0 Å². The highest BCUT2D eigenvalue weighted by molar-refractivity contribution is 9.10. The minimum absolute atomic E-state index is 0.489. The lowest BCUT2D eigenvalue weighted by Gasteiger charge is -2.22. The van der Waals surface area contributed by atoms with Crippen LogP contribution in [0.5, 0.6) is 0 Å². The summed E-state index contributed by atoms with van der Waals surface area (Å²) in [5, 5.41) is 0. The molecule has 0 spiro atoms. The number of halogens is 1. The van der Waals surface area contributed by atoms with Crippen LogP contribution in [0, 0.1) is 11.8 Å². The van der Waals surface area contributed by atoms with Crippen molar-refractivity contribution in [3.05, 3.63) is 28.2 Å². The largest absolute Gasteiger partial charge is 0.389 e. The van der Waals surface area contributed by atoms with E-state index in [1.54, 1.807) is 0 Å². The van der Waals surface area contributed by atoms with Crippen molar-refractivity contribution in [2.75, 3.05) is 18.0 Å². The average Bonchev–Trinajstić information content (AvgIpc) is 2.88. The predicted molar refractivity (Wildman–Crippen MR) is 83.1 cm³/mol. The van der Waals surface area contributed by atoms with Crippen LogP contribution in [0.4, 0.5) is 5.69 Å². The smallest absolute Gasteiger partial charge is 0.106 e. The molecule has 0 amide bonds. The highest BCUT2D eigenvalue weighted by atomic mass is 79.9. The number of fused-ring (bicyclic) bond motifs is 1. The number of anilines is 1. The normalized spacial score (nSPS) is 26.4. The number of benzene rings is 1. The van der Waals surface area contributed by atoms with Gasteiger partial charge in [0.05, 0.1) is 0 Å². The summed E-state index contributed by atoms with van der Waals surface area (Å²) in [4.78, 5) is 2.96. The Morgan fingerprint density at radius 1 is 1.28 bits per heavy atom. The van der Waals surface area contributed by atoms with E-state index >= 15 is 0 Å². The average molecular weight is 325 g/mol. The van der Waals surface area contributed by atoms with Crippen molar-refractivity contribution in [2.24, 2.45) is 17.6 Å². The number of hydrogen-bond donors (Lipinski definition) is 1. The molecule has 3 rings (SSSR count). The van der Waals surface area contributed by atoms with Gasteiger partial charge in [0.1, 0.15) is 4.99 Å². The first kappa shape index (κ1) is 12.4. The molecule has 1 heterocycles. The molecular formula is C14H17BrN2S. The van der Waals surface area contributed by atoms with Gasteiger partial charge in [-0.1, -0.05) is 34.6 Å². The molecule has 2 fully saturated rings. The van der Waals surface area contributed by atoms with Crippen LogP contribution in [0.15, 0.2) is 22.7 Å². The van der Waals surface area contributed by atoms with E-state index in [9.17, 15) is 0 Å². The summed E-state index contributed by atoms with van der Waals surface area (Å²) >= 11 is 8.66. The molecule has 2 unspecified atom stereocenters. The van der Waals surface area contributed by atoms with E-state index in [-0.39, 0.29) is 0 Å². The molecule has 2 N–H and O–H groups in total. The van der Waals surface area contributed by atoms with Crippen molar-refractivity contribution >= 4 is 38.8 Å². The summed E-state index contributed by atoms with van der Waals surface area (Å²) in [6.45, 7) is 2.34. The fraction of sp³-hybridized carbons (Fsp3) is 0.500. The van der Waals surface area contributed by atoms with E-state index in [4.69, 9.17) is 18.0 Å². The Bertz CT molecular complexity index is 477. The molecule has 0 aromatic heterocycles. The Kier molecular flexibility index (Phi) is 3.32. The summed E-state index contributed by atoms with van der Waals surface area (Å²) in [5.41, 5.74) is 8.06. The molecule has 1 aromatic carbocycles. The van der Waals surface area contributed by atoms with Crippen LogP contribution in [0.2, 0.25) is 0 Å². The molecule has 2 nitrogen and oxygen atoms in total. The summed E-state index contributed by atoms with van der Waals surface area (Å²) in [5.74, 6) is 1.76. The molecule has 2 atom stereocenters. The van der Waals surface area contributed by atoms with Crippen molar-refractivity contribution in [1.29, 1.82) is 0 Å². The molecule has 18 heavy (non-hydrogen) atoms. The van der Waals surface area contributed by atoms with Crippen LogP contribution in [0.3, 0.4) is 0 Å². The molecule has 0 radical (unpaired) electrons. The summed E-state index contributed by atoms with van der Waals surface area (Å²) in [6.07, 6.45) is 4.19. The van der Waals surface area contributed by atoms with Gasteiger partial charge in [-0.25, -0.2) is 0 Å². The molecule has 96 valence electrons. The van der Waals surface area contributed by atoms with Gasteiger partial charge in [-0.15, -0.1) is 0 Å². The lowest BCUT2D eigenvalue weighted by Crippen LogP contribution is -2.24. The lowest BCUT2D eigenvalue weighted by atomic mass is 10.0. The maximum atomic E-state index is 5.85. The van der Waals surface area contributed by atoms with E-state index in [0.717, 1.165) is 21.9 Å². The maximum absolute atomic E-state index is 5.85. The Balaban J connectivity index is 1.90. The third-order valence-electron chi connectivity index (χ3n) is 4.29. The molecule has 4 heteroatoms. The minimum atomic E-state index is 0.489. The highest BCUT2D eigenvalue weighted by Crippen LogP contribution is 2.40. The van der Waals surface area contributed by atoms with Crippen molar-refractivity contribution in [3.8, 4) is 0 Å². The first-order chi connectivity index (χ1) is 8.65. The van der Waals surface area contributed by atoms with Crippen LogP contribution in [0.25, 0.3) is 0 Å².